The van der Waals surface area contributed by atoms with Crippen molar-refractivity contribution >= 4 is 17.8 Å². The van der Waals surface area contributed by atoms with Crippen LogP contribution >= 0.6 is 0 Å². The molecule has 1 rings (SSSR count). The molecular weight excluding hydrogens is 358 g/mol. The summed E-state index contributed by atoms with van der Waals surface area (Å²) in [6.45, 7) is 9.49. The molecule has 0 aromatic heterocycles. The standard InChI is InChI=1S/C21H39N3O4/c1-13(2)12-15(20(27)28)24(6)19(26)16(14-10-8-7-9-11-14)23-18(25)17(22)21(3,4)5/h13-17H,7-12,22H2,1-6H3,(H,23,25)(H,27,28)/t15-,16-,17+/m1/s1. The second-order valence-corrected chi connectivity index (χ2v) is 9.66. The second kappa shape index (κ2) is 10.2. The number of carboxylic acid groups (broad SMARTS) is 1. The number of carbonyl (C=O) groups excluding carboxylic acids is 2. The van der Waals surface area contributed by atoms with E-state index in [9.17, 15) is 19.5 Å². The van der Waals surface area contributed by atoms with Crippen molar-refractivity contribution in [3.05, 3.63) is 0 Å². The van der Waals surface area contributed by atoms with Gasteiger partial charge >= 0.3 is 5.97 Å². The molecule has 4 N–H and O–H groups in total. The number of amides is 2. The lowest BCUT2D eigenvalue weighted by atomic mass is 9.82. The van der Waals surface area contributed by atoms with Crippen LogP contribution in [0.15, 0.2) is 0 Å². The maximum Gasteiger partial charge on any atom is 0.326 e. The van der Waals surface area contributed by atoms with Gasteiger partial charge in [0.1, 0.15) is 12.1 Å². The number of carboxylic acids is 1. The zero-order valence-corrected chi connectivity index (χ0v) is 18.3. The third-order valence-electron chi connectivity index (χ3n) is 5.70. The molecule has 0 spiro atoms. The van der Waals surface area contributed by atoms with Gasteiger partial charge in [0, 0.05) is 7.05 Å². The van der Waals surface area contributed by atoms with E-state index in [4.69, 9.17) is 5.73 Å². The number of nitrogens with one attached hydrogen (secondary N) is 1. The predicted molar refractivity (Wildman–Crippen MR) is 110 cm³/mol. The van der Waals surface area contributed by atoms with Gasteiger partial charge in [-0.15, -0.1) is 0 Å². The zero-order chi connectivity index (χ0) is 21.6. The SMILES string of the molecule is CC(C)C[C@H](C(=O)O)N(C)C(=O)[C@H](NC(=O)[C@H](N)C(C)(C)C)C1CCCCC1. The Labute approximate surface area is 169 Å². The molecule has 0 aromatic carbocycles. The summed E-state index contributed by atoms with van der Waals surface area (Å²) in [6, 6.07) is -2.39. The fraction of sp³-hybridized carbons (Fsp3) is 0.857. The first kappa shape index (κ1) is 24.4. The van der Waals surface area contributed by atoms with Gasteiger partial charge in [-0.2, -0.15) is 0 Å². The lowest BCUT2D eigenvalue weighted by Gasteiger charge is -2.36. The molecule has 0 heterocycles. The highest BCUT2D eigenvalue weighted by Gasteiger charge is 2.38. The van der Waals surface area contributed by atoms with Crippen LogP contribution in [-0.2, 0) is 14.4 Å². The Balaban J connectivity index is 3.07. The van der Waals surface area contributed by atoms with Crippen LogP contribution in [0.3, 0.4) is 0 Å². The summed E-state index contributed by atoms with van der Waals surface area (Å²) in [6.07, 6.45) is 5.19. The van der Waals surface area contributed by atoms with E-state index in [0.29, 0.717) is 6.42 Å². The third-order valence-corrected chi connectivity index (χ3v) is 5.70. The van der Waals surface area contributed by atoms with Crippen molar-refractivity contribution in [2.45, 2.75) is 91.3 Å². The van der Waals surface area contributed by atoms with Gasteiger partial charge in [0.05, 0.1) is 6.04 Å². The van der Waals surface area contributed by atoms with Gasteiger partial charge in [0.25, 0.3) is 0 Å². The Hall–Kier alpha value is -1.63. The molecular formula is C21H39N3O4. The third kappa shape index (κ3) is 6.76. The number of carbonyl (C=O) groups is 3. The predicted octanol–water partition coefficient (Wildman–Crippen LogP) is 2.38. The van der Waals surface area contributed by atoms with Crippen molar-refractivity contribution in [2.75, 3.05) is 7.05 Å². The molecule has 162 valence electrons. The van der Waals surface area contributed by atoms with Crippen LogP contribution in [0.25, 0.3) is 0 Å². The van der Waals surface area contributed by atoms with E-state index in [1.165, 1.54) is 11.9 Å². The summed E-state index contributed by atoms with van der Waals surface area (Å²) in [5.41, 5.74) is 5.66. The molecule has 1 aliphatic carbocycles. The largest absolute Gasteiger partial charge is 0.480 e. The van der Waals surface area contributed by atoms with Gasteiger partial charge in [-0.25, -0.2) is 4.79 Å². The lowest BCUT2D eigenvalue weighted by Crippen LogP contribution is -2.59. The van der Waals surface area contributed by atoms with Crippen molar-refractivity contribution in [2.24, 2.45) is 23.0 Å². The molecule has 3 atom stereocenters. The summed E-state index contributed by atoms with van der Waals surface area (Å²) >= 11 is 0. The van der Waals surface area contributed by atoms with Crippen molar-refractivity contribution < 1.29 is 19.5 Å². The van der Waals surface area contributed by atoms with Gasteiger partial charge < -0.3 is 21.1 Å². The monoisotopic (exact) mass is 397 g/mol. The normalized spacial score (nSPS) is 19.0. The number of hydrogen-bond donors (Lipinski definition) is 3. The Kier molecular flexibility index (Phi) is 8.92. The number of nitrogens with zero attached hydrogens (tertiary/aromatic N) is 1. The van der Waals surface area contributed by atoms with Gasteiger partial charge in [0.15, 0.2) is 0 Å². The number of hydrogen-bond acceptors (Lipinski definition) is 4. The molecule has 7 heteroatoms. The highest BCUT2D eigenvalue weighted by molar-refractivity contribution is 5.92. The summed E-state index contributed by atoms with van der Waals surface area (Å²) in [4.78, 5) is 39.0. The molecule has 1 fully saturated rings. The molecule has 7 nitrogen and oxygen atoms in total. The van der Waals surface area contributed by atoms with E-state index in [1.54, 1.807) is 0 Å². The summed E-state index contributed by atoms with van der Waals surface area (Å²) in [5.74, 6) is -1.58. The number of nitrogens with two attached hydrogens (primary N) is 1. The average Bonchev–Trinajstić information content (AvgIpc) is 2.61. The minimum atomic E-state index is -1.02. The molecule has 0 radical (unpaired) electrons. The van der Waals surface area contributed by atoms with Crippen molar-refractivity contribution in [1.82, 2.24) is 10.2 Å². The van der Waals surface area contributed by atoms with Gasteiger partial charge in [-0.3, -0.25) is 9.59 Å². The first-order chi connectivity index (χ1) is 12.9. The average molecular weight is 398 g/mol. The van der Waals surface area contributed by atoms with Gasteiger partial charge in [-0.1, -0.05) is 53.9 Å². The van der Waals surface area contributed by atoms with Crippen molar-refractivity contribution in [3.63, 3.8) is 0 Å². The molecule has 1 saturated carbocycles. The van der Waals surface area contributed by atoms with Crippen molar-refractivity contribution in [3.8, 4) is 0 Å². The fourth-order valence-electron chi connectivity index (χ4n) is 3.73. The Bertz CT molecular complexity index is 550. The highest BCUT2D eigenvalue weighted by Crippen LogP contribution is 2.28. The zero-order valence-electron chi connectivity index (χ0n) is 18.3. The molecule has 2 amide bonds. The maximum atomic E-state index is 13.3. The second-order valence-electron chi connectivity index (χ2n) is 9.66. The maximum absolute atomic E-state index is 13.3. The van der Waals surface area contributed by atoms with E-state index in [-0.39, 0.29) is 23.7 Å². The van der Waals surface area contributed by atoms with Crippen LogP contribution in [0.4, 0.5) is 0 Å². The Morgan fingerprint density at radius 2 is 1.68 bits per heavy atom. The van der Waals surface area contributed by atoms with Gasteiger partial charge in [0.2, 0.25) is 11.8 Å². The van der Waals surface area contributed by atoms with Crippen LogP contribution in [0.5, 0.6) is 0 Å². The van der Waals surface area contributed by atoms with E-state index >= 15 is 0 Å². The van der Waals surface area contributed by atoms with Crippen LogP contribution < -0.4 is 11.1 Å². The minimum absolute atomic E-state index is 0.00770. The van der Waals surface area contributed by atoms with Crippen LogP contribution in [0.2, 0.25) is 0 Å². The Morgan fingerprint density at radius 1 is 1.14 bits per heavy atom. The van der Waals surface area contributed by atoms with Crippen LogP contribution in [0.1, 0.15) is 73.1 Å². The fourth-order valence-corrected chi connectivity index (χ4v) is 3.73. The first-order valence-electron chi connectivity index (χ1n) is 10.4. The van der Waals surface area contributed by atoms with Crippen LogP contribution in [0, 0.1) is 17.3 Å². The first-order valence-corrected chi connectivity index (χ1v) is 10.4. The summed E-state index contributed by atoms with van der Waals surface area (Å²) in [5, 5.41) is 12.5. The minimum Gasteiger partial charge on any atom is -0.480 e. The number of rotatable bonds is 8. The van der Waals surface area contributed by atoms with E-state index in [2.05, 4.69) is 5.32 Å². The smallest absolute Gasteiger partial charge is 0.326 e. The van der Waals surface area contributed by atoms with E-state index in [0.717, 1.165) is 32.1 Å². The highest BCUT2D eigenvalue weighted by atomic mass is 16.4. The van der Waals surface area contributed by atoms with Crippen molar-refractivity contribution in [1.29, 1.82) is 0 Å². The topological polar surface area (TPSA) is 113 Å². The molecule has 0 saturated heterocycles. The molecule has 0 aliphatic heterocycles. The summed E-state index contributed by atoms with van der Waals surface area (Å²) < 4.78 is 0. The number of aliphatic carboxylic acids is 1. The number of likely N-dealkylation sites (N-methyl/N-ethyl adjacent to an activating group) is 1. The lowest BCUT2D eigenvalue weighted by molar-refractivity contribution is -0.151. The van der Waals surface area contributed by atoms with E-state index in [1.807, 2.05) is 34.6 Å². The molecule has 0 bridgehead atoms. The quantitative estimate of drug-likeness (QED) is 0.582. The van der Waals surface area contributed by atoms with Crippen LogP contribution in [-0.4, -0.2) is 53.0 Å². The van der Waals surface area contributed by atoms with Gasteiger partial charge in [-0.05, 0) is 36.5 Å². The molecule has 0 aromatic rings. The molecule has 1 aliphatic rings. The Morgan fingerprint density at radius 3 is 2.11 bits per heavy atom. The summed E-state index contributed by atoms with van der Waals surface area (Å²) in [7, 11) is 1.52. The van der Waals surface area contributed by atoms with E-state index < -0.39 is 29.5 Å². The molecule has 28 heavy (non-hydrogen) atoms. The molecule has 0 unspecified atom stereocenters.